The third-order valence-corrected chi connectivity index (χ3v) is 3.16. The number of ketones is 1. The number of carbonyl (C=O) groups excluding carboxylic acids is 2. The summed E-state index contributed by atoms with van der Waals surface area (Å²) in [5, 5.41) is 0. The lowest BCUT2D eigenvalue weighted by molar-refractivity contribution is 0.0936. The molecule has 0 aliphatic carbocycles. The van der Waals surface area contributed by atoms with Crippen LogP contribution in [0, 0.1) is 19.7 Å². The minimum atomic E-state index is -0.649. The van der Waals surface area contributed by atoms with Crippen molar-refractivity contribution >= 4 is 11.7 Å². The summed E-state index contributed by atoms with van der Waals surface area (Å²) >= 11 is 0. The predicted octanol–water partition coefficient (Wildman–Crippen LogP) is 1.67. The van der Waals surface area contributed by atoms with Gasteiger partial charge in [0.05, 0.1) is 5.56 Å². The second kappa shape index (κ2) is 5.80. The van der Waals surface area contributed by atoms with Gasteiger partial charge in [0.1, 0.15) is 11.5 Å². The van der Waals surface area contributed by atoms with Crippen molar-refractivity contribution in [2.45, 2.75) is 13.8 Å². The Labute approximate surface area is 121 Å². The Morgan fingerprint density at radius 3 is 2.38 bits per heavy atom. The Morgan fingerprint density at radius 2 is 1.81 bits per heavy atom. The first-order chi connectivity index (χ1) is 9.93. The molecule has 0 unspecified atom stereocenters. The molecule has 1 aromatic carbocycles. The number of aromatic nitrogens is 1. The van der Waals surface area contributed by atoms with Gasteiger partial charge in [-0.15, -0.1) is 0 Å². The van der Waals surface area contributed by atoms with E-state index in [0.717, 1.165) is 5.56 Å². The van der Waals surface area contributed by atoms with Crippen LogP contribution in [0.25, 0.3) is 0 Å². The molecule has 2 aromatic rings. The van der Waals surface area contributed by atoms with Crippen LogP contribution in [0.5, 0.6) is 0 Å². The van der Waals surface area contributed by atoms with E-state index in [9.17, 15) is 14.0 Å². The van der Waals surface area contributed by atoms with Crippen molar-refractivity contribution in [3.05, 3.63) is 64.2 Å². The van der Waals surface area contributed by atoms with Gasteiger partial charge >= 0.3 is 0 Å². The fourth-order valence-corrected chi connectivity index (χ4v) is 1.88. The van der Waals surface area contributed by atoms with Crippen LogP contribution in [0.1, 0.15) is 37.7 Å². The van der Waals surface area contributed by atoms with Crippen LogP contribution in [-0.4, -0.2) is 16.7 Å². The molecule has 0 atom stereocenters. The average molecular weight is 287 g/mol. The number of carbonyl (C=O) groups is 2. The molecular formula is C15H14FN3O2. The van der Waals surface area contributed by atoms with Crippen molar-refractivity contribution in [2.24, 2.45) is 5.84 Å². The monoisotopic (exact) mass is 287 g/mol. The first-order valence-corrected chi connectivity index (χ1v) is 6.23. The average Bonchev–Trinajstić information content (AvgIpc) is 2.48. The molecule has 0 spiro atoms. The molecule has 1 aromatic heterocycles. The third-order valence-electron chi connectivity index (χ3n) is 3.16. The molecule has 0 aliphatic heterocycles. The second-order valence-corrected chi connectivity index (χ2v) is 4.60. The lowest BCUT2D eigenvalue weighted by Gasteiger charge is -2.10. The smallest absolute Gasteiger partial charge is 0.284 e. The molecule has 0 bridgehead atoms. The largest absolute Gasteiger partial charge is 0.289 e. The number of nitrogens with one attached hydrogen (secondary N) is 1. The highest BCUT2D eigenvalue weighted by Crippen LogP contribution is 2.17. The van der Waals surface area contributed by atoms with Gasteiger partial charge in [-0.05, 0) is 49.7 Å². The van der Waals surface area contributed by atoms with Gasteiger partial charge in [-0.3, -0.25) is 15.0 Å². The van der Waals surface area contributed by atoms with E-state index in [1.165, 1.54) is 24.3 Å². The number of nitrogens with two attached hydrogens (primary N) is 1. The van der Waals surface area contributed by atoms with Gasteiger partial charge in [-0.2, -0.15) is 0 Å². The molecule has 1 amide bonds. The van der Waals surface area contributed by atoms with Gasteiger partial charge < -0.3 is 0 Å². The van der Waals surface area contributed by atoms with Crippen molar-refractivity contribution in [1.29, 1.82) is 0 Å². The molecule has 21 heavy (non-hydrogen) atoms. The first kappa shape index (κ1) is 14.8. The number of hydrogen-bond acceptors (Lipinski definition) is 4. The van der Waals surface area contributed by atoms with Gasteiger partial charge in [0.25, 0.3) is 5.91 Å². The summed E-state index contributed by atoms with van der Waals surface area (Å²) in [7, 11) is 0. The van der Waals surface area contributed by atoms with Crippen molar-refractivity contribution in [2.75, 3.05) is 0 Å². The highest BCUT2D eigenvalue weighted by molar-refractivity contribution is 6.14. The van der Waals surface area contributed by atoms with Crippen molar-refractivity contribution < 1.29 is 14.0 Å². The molecular weight excluding hydrogens is 273 g/mol. The lowest BCUT2D eigenvalue weighted by atomic mass is 9.99. The van der Waals surface area contributed by atoms with E-state index in [0.29, 0.717) is 5.69 Å². The van der Waals surface area contributed by atoms with Gasteiger partial charge in [-0.25, -0.2) is 15.2 Å². The summed E-state index contributed by atoms with van der Waals surface area (Å²) in [6, 6.07) is 6.67. The fourth-order valence-electron chi connectivity index (χ4n) is 1.88. The molecule has 0 saturated heterocycles. The molecule has 6 heteroatoms. The summed E-state index contributed by atoms with van der Waals surface area (Å²) in [6.07, 6.45) is 0. The van der Waals surface area contributed by atoms with E-state index >= 15 is 0 Å². The molecule has 0 fully saturated rings. The fraction of sp³-hybridized carbons (Fsp3) is 0.133. The number of rotatable bonds is 3. The van der Waals surface area contributed by atoms with Gasteiger partial charge in [0.2, 0.25) is 0 Å². The molecule has 3 N–H and O–H groups in total. The lowest BCUT2D eigenvalue weighted by Crippen LogP contribution is -2.32. The van der Waals surface area contributed by atoms with Gasteiger partial charge in [0.15, 0.2) is 5.78 Å². The normalized spacial score (nSPS) is 10.3. The minimum absolute atomic E-state index is 0.0464. The highest BCUT2D eigenvalue weighted by Gasteiger charge is 2.21. The molecule has 1 heterocycles. The van der Waals surface area contributed by atoms with Crippen molar-refractivity contribution in [1.82, 2.24) is 10.4 Å². The van der Waals surface area contributed by atoms with Crippen LogP contribution in [0.2, 0.25) is 0 Å². The van der Waals surface area contributed by atoms with E-state index in [1.807, 2.05) is 5.43 Å². The molecule has 5 nitrogen and oxygen atoms in total. The van der Waals surface area contributed by atoms with Crippen LogP contribution in [0.15, 0.2) is 30.3 Å². The van der Waals surface area contributed by atoms with E-state index in [2.05, 4.69) is 4.98 Å². The van der Waals surface area contributed by atoms with E-state index in [4.69, 9.17) is 5.84 Å². The topological polar surface area (TPSA) is 85.1 Å². The number of nitrogens with zero attached hydrogens (tertiary/aromatic N) is 1. The summed E-state index contributed by atoms with van der Waals surface area (Å²) < 4.78 is 12.9. The highest BCUT2D eigenvalue weighted by atomic mass is 19.1. The third kappa shape index (κ3) is 2.95. The summed E-state index contributed by atoms with van der Waals surface area (Å²) in [5.74, 6) is 3.62. The zero-order valence-electron chi connectivity index (χ0n) is 11.6. The Hall–Kier alpha value is -2.60. The second-order valence-electron chi connectivity index (χ2n) is 4.60. The van der Waals surface area contributed by atoms with Crippen LogP contribution < -0.4 is 11.3 Å². The Balaban J connectivity index is 2.56. The molecule has 0 aliphatic rings. The minimum Gasteiger partial charge on any atom is -0.289 e. The SMILES string of the molecule is Cc1cc(C(=O)c2ccc(F)cc2)c(C(=O)NN)nc1C. The first-order valence-electron chi connectivity index (χ1n) is 6.23. The van der Waals surface area contributed by atoms with Gasteiger partial charge in [-0.1, -0.05) is 0 Å². The van der Waals surface area contributed by atoms with Crippen LogP contribution >= 0.6 is 0 Å². The zero-order valence-corrected chi connectivity index (χ0v) is 11.6. The predicted molar refractivity (Wildman–Crippen MR) is 75.2 cm³/mol. The maximum absolute atomic E-state index is 12.9. The number of hydrogen-bond donors (Lipinski definition) is 2. The molecule has 2 rings (SSSR count). The maximum Gasteiger partial charge on any atom is 0.284 e. The summed E-state index contributed by atoms with van der Waals surface area (Å²) in [6.45, 7) is 3.52. The number of benzene rings is 1. The zero-order chi connectivity index (χ0) is 15.6. The standard InChI is InChI=1S/C15H14FN3O2/c1-8-7-12(13(15(21)19-17)18-9(8)2)14(20)10-3-5-11(16)6-4-10/h3-7H,17H2,1-2H3,(H,19,21). The number of amides is 1. The van der Waals surface area contributed by atoms with E-state index in [-0.39, 0.29) is 16.8 Å². The van der Waals surface area contributed by atoms with E-state index < -0.39 is 17.5 Å². The maximum atomic E-state index is 12.9. The van der Waals surface area contributed by atoms with Crippen LogP contribution in [0.3, 0.4) is 0 Å². The van der Waals surface area contributed by atoms with E-state index in [1.54, 1.807) is 19.9 Å². The number of aryl methyl sites for hydroxylation is 2. The summed E-state index contributed by atoms with van der Waals surface area (Å²) in [5.41, 5.74) is 3.73. The molecule has 0 radical (unpaired) electrons. The number of halogens is 1. The summed E-state index contributed by atoms with van der Waals surface area (Å²) in [4.78, 5) is 28.4. The van der Waals surface area contributed by atoms with Gasteiger partial charge in [0, 0.05) is 11.3 Å². The van der Waals surface area contributed by atoms with Crippen molar-refractivity contribution in [3.63, 3.8) is 0 Å². The van der Waals surface area contributed by atoms with Crippen molar-refractivity contribution in [3.8, 4) is 0 Å². The molecule has 108 valence electrons. The Bertz CT molecular complexity index is 712. The quantitative estimate of drug-likeness (QED) is 0.389. The Kier molecular flexibility index (Phi) is 4.09. The number of hydrazine groups is 1. The molecule has 0 saturated carbocycles. The van der Waals surface area contributed by atoms with Crippen LogP contribution in [-0.2, 0) is 0 Å². The van der Waals surface area contributed by atoms with Crippen LogP contribution in [0.4, 0.5) is 4.39 Å². The number of pyridine rings is 1. The Morgan fingerprint density at radius 1 is 1.19 bits per heavy atom. The number of nitrogen functional groups attached to an aromatic ring is 1.